The Morgan fingerprint density at radius 2 is 1.90 bits per heavy atom. The fraction of sp³-hybridized carbons (Fsp3) is 0. The van der Waals surface area contributed by atoms with Crippen LogP contribution in [0.3, 0.4) is 0 Å². The molecule has 21 heavy (non-hydrogen) atoms. The lowest BCUT2D eigenvalue weighted by Crippen LogP contribution is -2.13. The number of hydrogen-bond acceptors (Lipinski definition) is 5. The largest absolute Gasteiger partial charge is 0.383 e. The number of rotatable bonds is 2. The van der Waals surface area contributed by atoms with Gasteiger partial charge in [0, 0.05) is 4.90 Å². The Labute approximate surface area is 139 Å². The number of nitrogens with two attached hydrogens (primary N) is 1. The van der Waals surface area contributed by atoms with Crippen molar-refractivity contribution in [2.75, 3.05) is 5.73 Å². The summed E-state index contributed by atoms with van der Waals surface area (Å²) in [6.45, 7) is 0. The molecule has 0 saturated carbocycles. The lowest BCUT2D eigenvalue weighted by atomic mass is 10.3. The van der Waals surface area contributed by atoms with Gasteiger partial charge < -0.3 is 5.73 Å². The second-order valence-electron chi connectivity index (χ2n) is 3.88. The summed E-state index contributed by atoms with van der Waals surface area (Å²) in [5.41, 5.74) is 5.25. The number of nitrogen functional groups attached to an aromatic ring is 1. The molecule has 0 radical (unpaired) electrons. The van der Waals surface area contributed by atoms with Crippen LogP contribution in [0, 0.1) is 5.41 Å². The summed E-state index contributed by atoms with van der Waals surface area (Å²) in [5.74, 6) is -0.106. The Morgan fingerprint density at radius 1 is 1.19 bits per heavy atom. The van der Waals surface area contributed by atoms with E-state index in [1.807, 2.05) is 0 Å². The number of halogens is 3. The minimum Gasteiger partial charge on any atom is -0.383 e. The summed E-state index contributed by atoms with van der Waals surface area (Å²) < 4.78 is 0. The van der Waals surface area contributed by atoms with E-state index in [2.05, 4.69) is 4.98 Å². The zero-order chi connectivity index (χ0) is 15.6. The predicted octanol–water partition coefficient (Wildman–Crippen LogP) is 4.10. The van der Waals surface area contributed by atoms with Crippen molar-refractivity contribution in [1.29, 1.82) is 5.41 Å². The van der Waals surface area contributed by atoms with Crippen LogP contribution in [0.5, 0.6) is 0 Å². The maximum absolute atomic E-state index is 12.0. The monoisotopic (exact) mass is 359 g/mol. The third-order valence-electron chi connectivity index (χ3n) is 2.46. The maximum atomic E-state index is 12.0. The highest BCUT2D eigenvalue weighted by molar-refractivity contribution is 8.14. The minimum atomic E-state index is -0.442. The average molecular weight is 361 g/mol. The Morgan fingerprint density at radius 3 is 2.62 bits per heavy atom. The van der Waals surface area contributed by atoms with E-state index >= 15 is 0 Å². The number of benzene rings is 1. The molecule has 2 aromatic rings. The molecule has 108 valence electrons. The predicted molar refractivity (Wildman–Crippen MR) is 89.1 cm³/mol. The summed E-state index contributed by atoms with van der Waals surface area (Å²) in [7, 11) is 0. The number of thioether (sulfide) groups is 1. The number of nitrogens with one attached hydrogen (secondary N) is 1. The zero-order valence-corrected chi connectivity index (χ0v) is 13.4. The fourth-order valence-corrected chi connectivity index (χ4v) is 3.01. The third kappa shape index (κ3) is 3.68. The molecular formula is C13H8Cl3N3OS. The van der Waals surface area contributed by atoms with E-state index in [0.29, 0.717) is 14.9 Å². The molecule has 0 fully saturated rings. The van der Waals surface area contributed by atoms with Gasteiger partial charge in [0.05, 0.1) is 15.6 Å². The van der Waals surface area contributed by atoms with E-state index in [-0.39, 0.29) is 21.6 Å². The smallest absolute Gasteiger partial charge is 0.192 e. The van der Waals surface area contributed by atoms with Gasteiger partial charge in [0.2, 0.25) is 0 Å². The van der Waals surface area contributed by atoms with Gasteiger partial charge in [0.1, 0.15) is 16.0 Å². The number of aromatic nitrogens is 1. The first-order valence-corrected chi connectivity index (χ1v) is 7.52. The normalized spacial score (nSPS) is 10.4. The van der Waals surface area contributed by atoms with E-state index < -0.39 is 5.43 Å². The summed E-state index contributed by atoms with van der Waals surface area (Å²) in [6.07, 6.45) is 0. The molecule has 0 atom stereocenters. The van der Waals surface area contributed by atoms with Crippen LogP contribution in [0.1, 0.15) is 5.56 Å². The summed E-state index contributed by atoms with van der Waals surface area (Å²) in [6, 6.07) is 7.57. The minimum absolute atomic E-state index is 0.0251. The van der Waals surface area contributed by atoms with E-state index in [9.17, 15) is 4.79 Å². The van der Waals surface area contributed by atoms with Gasteiger partial charge >= 0.3 is 0 Å². The van der Waals surface area contributed by atoms with Gasteiger partial charge in [0.25, 0.3) is 0 Å². The second-order valence-corrected chi connectivity index (χ2v) is 6.10. The number of nitrogens with zero attached hydrogens (tertiary/aromatic N) is 1. The Bertz CT molecular complexity index is 783. The summed E-state index contributed by atoms with van der Waals surface area (Å²) >= 11 is 18.7. The zero-order valence-electron chi connectivity index (χ0n) is 10.4. The first kappa shape index (κ1) is 16.1. The van der Waals surface area contributed by atoms with Gasteiger partial charge in [-0.2, -0.15) is 0 Å². The van der Waals surface area contributed by atoms with Crippen LogP contribution in [-0.4, -0.2) is 10.0 Å². The van der Waals surface area contributed by atoms with Gasteiger partial charge in [-0.3, -0.25) is 10.2 Å². The van der Waals surface area contributed by atoms with E-state index in [1.54, 1.807) is 18.2 Å². The van der Waals surface area contributed by atoms with Gasteiger partial charge in [-0.1, -0.05) is 52.6 Å². The maximum Gasteiger partial charge on any atom is 0.192 e. The molecule has 3 N–H and O–H groups in total. The third-order valence-corrected chi connectivity index (χ3v) is 4.57. The van der Waals surface area contributed by atoms with Crippen molar-refractivity contribution in [1.82, 2.24) is 4.98 Å². The second kappa shape index (κ2) is 6.66. The van der Waals surface area contributed by atoms with Crippen LogP contribution in [0.4, 0.5) is 5.82 Å². The topological polar surface area (TPSA) is 79.8 Å². The Balaban J connectivity index is 2.45. The van der Waals surface area contributed by atoms with Gasteiger partial charge in [-0.15, -0.1) is 0 Å². The molecule has 0 aliphatic rings. The lowest BCUT2D eigenvalue weighted by molar-refractivity contribution is 1.36. The first-order chi connectivity index (χ1) is 9.90. The SMILES string of the molecule is N=C(Sc1cccc(Cl)c1Cl)c1c(N)nc(Cl)ccc1=O. The van der Waals surface area contributed by atoms with Crippen molar-refractivity contribution < 1.29 is 0 Å². The van der Waals surface area contributed by atoms with E-state index in [0.717, 1.165) is 11.8 Å². The van der Waals surface area contributed by atoms with Crippen molar-refractivity contribution in [2.24, 2.45) is 0 Å². The average Bonchev–Trinajstić information content (AvgIpc) is 2.53. The first-order valence-electron chi connectivity index (χ1n) is 5.57. The molecule has 4 nitrogen and oxygen atoms in total. The van der Waals surface area contributed by atoms with E-state index in [1.165, 1.54) is 12.1 Å². The fourth-order valence-electron chi connectivity index (χ4n) is 1.51. The Hall–Kier alpha value is -1.27. The van der Waals surface area contributed by atoms with Gasteiger partial charge in [0.15, 0.2) is 5.43 Å². The van der Waals surface area contributed by atoms with Crippen LogP contribution in [0.15, 0.2) is 40.0 Å². The van der Waals surface area contributed by atoms with Crippen LogP contribution >= 0.6 is 46.6 Å². The number of hydrogen-bond donors (Lipinski definition) is 2. The Kier molecular flexibility index (Phi) is 5.11. The lowest BCUT2D eigenvalue weighted by Gasteiger charge is -2.06. The molecule has 0 bridgehead atoms. The molecule has 2 rings (SSSR count). The molecule has 0 aliphatic heterocycles. The summed E-state index contributed by atoms with van der Waals surface area (Å²) in [5, 5.41) is 8.74. The molecule has 0 saturated heterocycles. The van der Waals surface area contributed by atoms with Crippen molar-refractivity contribution in [2.45, 2.75) is 4.90 Å². The van der Waals surface area contributed by atoms with Crippen LogP contribution < -0.4 is 11.2 Å². The molecule has 0 amide bonds. The molecule has 8 heteroatoms. The highest BCUT2D eigenvalue weighted by Crippen LogP contribution is 2.34. The van der Waals surface area contributed by atoms with Crippen LogP contribution in [0.25, 0.3) is 0 Å². The van der Waals surface area contributed by atoms with Crippen LogP contribution in [-0.2, 0) is 0 Å². The molecule has 1 aromatic carbocycles. The standard InChI is InChI=1S/C13H8Cl3N3OS/c14-6-2-1-3-8(11(6)16)21-13(18)10-7(20)4-5-9(15)19-12(10)17/h1-5,18H,17H2. The quantitative estimate of drug-likeness (QED) is 0.480. The van der Waals surface area contributed by atoms with Crippen molar-refractivity contribution >= 4 is 57.4 Å². The van der Waals surface area contributed by atoms with Crippen molar-refractivity contribution in [3.63, 3.8) is 0 Å². The molecule has 0 spiro atoms. The van der Waals surface area contributed by atoms with E-state index in [4.69, 9.17) is 45.9 Å². The molecular weight excluding hydrogens is 353 g/mol. The number of anilines is 1. The molecule has 0 unspecified atom stereocenters. The highest BCUT2D eigenvalue weighted by Gasteiger charge is 2.15. The molecule has 1 heterocycles. The van der Waals surface area contributed by atoms with Crippen molar-refractivity contribution in [3.05, 3.63) is 61.3 Å². The molecule has 1 aromatic heterocycles. The highest BCUT2D eigenvalue weighted by atomic mass is 35.5. The van der Waals surface area contributed by atoms with Gasteiger partial charge in [-0.05, 0) is 24.3 Å². The van der Waals surface area contributed by atoms with Crippen molar-refractivity contribution in [3.8, 4) is 0 Å². The van der Waals surface area contributed by atoms with Gasteiger partial charge in [-0.25, -0.2) is 4.98 Å². The van der Waals surface area contributed by atoms with Crippen LogP contribution in [0.2, 0.25) is 15.2 Å². The summed E-state index contributed by atoms with van der Waals surface area (Å²) in [4.78, 5) is 16.4. The molecule has 0 aliphatic carbocycles.